The van der Waals surface area contributed by atoms with Crippen LogP contribution in [0.5, 0.6) is 0 Å². The Balaban J connectivity index is 0.788. The molecule has 0 amide bonds. The first-order valence-corrected chi connectivity index (χ1v) is 25.5. The molecule has 74 heavy (non-hydrogen) atoms. The molecular weight excluding hydrogens is 895 g/mol. The van der Waals surface area contributed by atoms with E-state index in [9.17, 15) is 0 Å². The molecule has 0 saturated heterocycles. The summed E-state index contributed by atoms with van der Waals surface area (Å²) >= 11 is 0. The fourth-order valence-electron chi connectivity index (χ4n) is 10.5. The monoisotopic (exact) mass is 949 g/mol. The molecule has 0 fully saturated rings. The molecule has 0 aromatic heterocycles. The third-order valence-corrected chi connectivity index (χ3v) is 14.8. The first-order chi connectivity index (χ1) is 36.4. The molecule has 9 aromatic rings. The number of allylic oxidation sites excluding steroid dienone is 11. The van der Waals surface area contributed by atoms with Crippen LogP contribution in [0.3, 0.4) is 0 Å². The van der Waals surface area contributed by atoms with E-state index in [4.69, 9.17) is 0 Å². The van der Waals surface area contributed by atoms with Gasteiger partial charge in [0.2, 0.25) is 0 Å². The molecule has 2 aliphatic heterocycles. The Bertz CT molecular complexity index is 3770. The van der Waals surface area contributed by atoms with Gasteiger partial charge >= 0.3 is 0 Å². The normalized spacial score (nSPS) is 17.2. The molecule has 0 bridgehead atoms. The number of nitrogens with one attached hydrogen (secondary N) is 1. The van der Waals surface area contributed by atoms with Gasteiger partial charge in [0.05, 0.1) is 0 Å². The van der Waals surface area contributed by atoms with Gasteiger partial charge in [-0.2, -0.15) is 0 Å². The molecule has 3 nitrogen and oxygen atoms in total. The maximum atomic E-state index is 4.44. The van der Waals surface area contributed by atoms with Crippen LogP contribution in [0.1, 0.15) is 24.5 Å². The first-order valence-electron chi connectivity index (χ1n) is 25.5. The molecule has 3 heteroatoms. The summed E-state index contributed by atoms with van der Waals surface area (Å²) in [6.07, 6.45) is 26.7. The lowest BCUT2D eigenvalue weighted by molar-refractivity contribution is 0.483. The molecule has 354 valence electrons. The molecule has 9 aromatic carbocycles. The lowest BCUT2D eigenvalue weighted by Crippen LogP contribution is -2.33. The summed E-state index contributed by atoms with van der Waals surface area (Å²) in [4.78, 5) is 4.66. The van der Waals surface area contributed by atoms with Crippen LogP contribution in [-0.4, -0.2) is 0 Å². The number of rotatable bonds is 8. The second kappa shape index (κ2) is 20.0. The van der Waals surface area contributed by atoms with Gasteiger partial charge in [-0.15, -0.1) is 0 Å². The Morgan fingerprint density at radius 3 is 1.70 bits per heavy atom. The molecule has 12 rings (SSSR count). The van der Waals surface area contributed by atoms with Crippen LogP contribution >= 0.6 is 0 Å². The predicted molar refractivity (Wildman–Crippen MR) is 316 cm³/mol. The highest BCUT2D eigenvalue weighted by atomic mass is 15.1. The Hall–Kier alpha value is -9.44. The summed E-state index contributed by atoms with van der Waals surface area (Å²) < 4.78 is 0. The Kier molecular flexibility index (Phi) is 12.3. The highest BCUT2D eigenvalue weighted by molar-refractivity contribution is 5.91. The molecular formula is C71H55N3. The maximum Gasteiger partial charge on any atom is 0.0468 e. The Labute approximate surface area is 435 Å². The second-order valence-electron chi connectivity index (χ2n) is 19.4. The molecule has 1 atom stereocenters. The summed E-state index contributed by atoms with van der Waals surface area (Å²) in [6.45, 7) is 6.73. The first kappa shape index (κ1) is 45.7. The Morgan fingerprint density at radius 2 is 1.03 bits per heavy atom. The fourth-order valence-corrected chi connectivity index (χ4v) is 10.5. The number of hydrogen-bond acceptors (Lipinski definition) is 3. The van der Waals surface area contributed by atoms with E-state index in [1.807, 2.05) is 6.20 Å². The topological polar surface area (TPSA) is 18.5 Å². The standard InChI is InChI=1S/C71H55N3/c1-51-14-10-12-49-73(70-22-9-11-47-71(51,70)2)63-40-33-58(34-41-63)55-27-29-57(30-28-55)60-37-44-65(45-38-60)74(66-46-39-53-15-3-4-17-62(53)50-66)64-42-35-59(36-43-64)56-25-23-54(24-26-56)52-18-13-48-72-69-21-8-7-20-68(69)67-19-6-5-16-61(67)32-31-52/h3-46,48-50,72H,1,47H2,2H3/b14-10-,32-31?,48-13+,49-12-,52-18?. The van der Waals surface area contributed by atoms with Gasteiger partial charge in [0.1, 0.15) is 0 Å². The van der Waals surface area contributed by atoms with Crippen molar-refractivity contribution in [3.8, 4) is 44.5 Å². The second-order valence-corrected chi connectivity index (χ2v) is 19.4. The average Bonchev–Trinajstić information content (AvgIpc) is 3.49. The molecule has 0 radical (unpaired) electrons. The molecule has 2 heterocycles. The van der Waals surface area contributed by atoms with E-state index in [-0.39, 0.29) is 5.41 Å². The maximum absolute atomic E-state index is 4.44. The zero-order valence-corrected chi connectivity index (χ0v) is 41.4. The van der Waals surface area contributed by atoms with E-state index in [0.717, 1.165) is 62.7 Å². The number of hydrogen-bond donors (Lipinski definition) is 1. The van der Waals surface area contributed by atoms with Crippen molar-refractivity contribution in [3.05, 3.63) is 308 Å². The van der Waals surface area contributed by atoms with Gasteiger partial charge < -0.3 is 15.1 Å². The molecule has 0 saturated carbocycles. The lowest BCUT2D eigenvalue weighted by Gasteiger charge is -2.40. The molecule has 1 N–H and O–H groups in total. The van der Waals surface area contributed by atoms with E-state index < -0.39 is 0 Å². The number of anilines is 5. The highest BCUT2D eigenvalue weighted by Gasteiger charge is 2.35. The van der Waals surface area contributed by atoms with Crippen molar-refractivity contribution >= 4 is 50.9 Å². The van der Waals surface area contributed by atoms with Gasteiger partial charge in [0.15, 0.2) is 0 Å². The van der Waals surface area contributed by atoms with E-state index >= 15 is 0 Å². The highest BCUT2D eigenvalue weighted by Crippen LogP contribution is 2.46. The minimum Gasteiger partial charge on any atom is -0.361 e. The zero-order chi connectivity index (χ0) is 49.8. The van der Waals surface area contributed by atoms with Gasteiger partial charge in [0.25, 0.3) is 0 Å². The van der Waals surface area contributed by atoms with E-state index in [1.54, 1.807) is 0 Å². The van der Waals surface area contributed by atoms with Crippen molar-refractivity contribution in [2.75, 3.05) is 15.1 Å². The van der Waals surface area contributed by atoms with Crippen LogP contribution < -0.4 is 15.1 Å². The summed E-state index contributed by atoms with van der Waals surface area (Å²) in [5.41, 5.74) is 20.5. The quantitative estimate of drug-likeness (QED) is 0.164. The zero-order valence-electron chi connectivity index (χ0n) is 41.4. The smallest absolute Gasteiger partial charge is 0.0468 e. The van der Waals surface area contributed by atoms with E-state index in [0.29, 0.717) is 0 Å². The molecule has 3 aliphatic rings. The van der Waals surface area contributed by atoms with Crippen molar-refractivity contribution < 1.29 is 0 Å². The molecule has 1 aliphatic carbocycles. The van der Waals surface area contributed by atoms with Crippen LogP contribution in [0.2, 0.25) is 0 Å². The number of fused-ring (bicyclic) bond motifs is 5. The summed E-state index contributed by atoms with van der Waals surface area (Å²) in [7, 11) is 0. The summed E-state index contributed by atoms with van der Waals surface area (Å²) in [5, 5.41) is 5.94. The van der Waals surface area contributed by atoms with E-state index in [2.05, 4.69) is 308 Å². The van der Waals surface area contributed by atoms with Crippen LogP contribution in [-0.2, 0) is 0 Å². The van der Waals surface area contributed by atoms with Crippen LogP contribution in [0.25, 0.3) is 66.9 Å². The lowest BCUT2D eigenvalue weighted by atomic mass is 9.73. The van der Waals surface area contributed by atoms with Gasteiger partial charge in [-0.3, -0.25) is 0 Å². The van der Waals surface area contributed by atoms with E-state index in [1.165, 1.54) is 55.4 Å². The van der Waals surface area contributed by atoms with Crippen molar-refractivity contribution in [2.45, 2.75) is 13.3 Å². The third-order valence-electron chi connectivity index (χ3n) is 14.8. The molecule has 1 unspecified atom stereocenters. The van der Waals surface area contributed by atoms with Crippen molar-refractivity contribution in [3.63, 3.8) is 0 Å². The van der Waals surface area contributed by atoms with Gasteiger partial charge in [0, 0.05) is 57.5 Å². The fraction of sp³-hybridized carbons (Fsp3) is 0.0423. The Morgan fingerprint density at radius 1 is 0.473 bits per heavy atom. The number of benzene rings is 9. The largest absolute Gasteiger partial charge is 0.361 e. The summed E-state index contributed by atoms with van der Waals surface area (Å²) in [5.74, 6) is 0. The van der Waals surface area contributed by atoms with Gasteiger partial charge in [-0.25, -0.2) is 0 Å². The van der Waals surface area contributed by atoms with Crippen LogP contribution in [0.15, 0.2) is 297 Å². The SMILES string of the molecule is C=C1/C=C\C=C/N(c2ccc(-c3ccc(-c4ccc(N(c5ccc(-c6ccc(C7=C/C=C/Nc8ccccc8-c8ccccc8C=C7)cc6)cc5)c5ccc6ccccc6c5)cc4)cc3)cc2)C2=CC=CCC12C. The van der Waals surface area contributed by atoms with Gasteiger partial charge in [-0.1, -0.05) is 207 Å². The minimum atomic E-state index is -0.162. The van der Waals surface area contributed by atoms with Crippen molar-refractivity contribution in [1.82, 2.24) is 0 Å². The van der Waals surface area contributed by atoms with Crippen LogP contribution in [0.4, 0.5) is 28.4 Å². The third kappa shape index (κ3) is 9.08. The number of para-hydroxylation sites is 1. The number of nitrogens with zero attached hydrogens (tertiary/aromatic N) is 2. The summed E-state index contributed by atoms with van der Waals surface area (Å²) in [6, 6.07) is 77.0. The predicted octanol–water partition coefficient (Wildman–Crippen LogP) is 19.3. The minimum absolute atomic E-state index is 0.162. The van der Waals surface area contributed by atoms with Crippen LogP contribution in [0, 0.1) is 5.41 Å². The average molecular weight is 950 g/mol. The molecule has 0 spiro atoms. The van der Waals surface area contributed by atoms with Crippen molar-refractivity contribution in [2.24, 2.45) is 5.41 Å². The van der Waals surface area contributed by atoms with Crippen molar-refractivity contribution in [1.29, 1.82) is 0 Å². The van der Waals surface area contributed by atoms with Gasteiger partial charge in [-0.05, 0) is 158 Å².